The zero-order chi connectivity index (χ0) is 12.4. The predicted molar refractivity (Wildman–Crippen MR) is 71.8 cm³/mol. The Morgan fingerprint density at radius 3 is 2.53 bits per heavy atom. The van der Waals surface area contributed by atoms with E-state index in [1.807, 2.05) is 18.2 Å². The number of halogens is 1. The van der Waals surface area contributed by atoms with E-state index < -0.39 is 0 Å². The fourth-order valence-corrected chi connectivity index (χ4v) is 2.66. The number of carbonyl (C=O) groups is 1. The Morgan fingerprint density at radius 1 is 1.35 bits per heavy atom. The SMILES string of the molecule is CC1CN(c2ccc(C=O)c(Br)c2)CC(C)O1. The summed E-state index contributed by atoms with van der Waals surface area (Å²) in [6.07, 6.45) is 1.34. The van der Waals surface area contributed by atoms with Gasteiger partial charge in [0.25, 0.3) is 0 Å². The Bertz CT molecular complexity index is 412. The minimum absolute atomic E-state index is 0.239. The van der Waals surface area contributed by atoms with E-state index in [4.69, 9.17) is 4.74 Å². The lowest BCUT2D eigenvalue weighted by atomic mass is 10.1. The molecule has 2 rings (SSSR count). The van der Waals surface area contributed by atoms with Crippen LogP contribution in [0.15, 0.2) is 22.7 Å². The van der Waals surface area contributed by atoms with Crippen molar-refractivity contribution in [2.24, 2.45) is 0 Å². The van der Waals surface area contributed by atoms with E-state index in [0.29, 0.717) is 5.56 Å². The lowest BCUT2D eigenvalue weighted by molar-refractivity contribution is -0.00522. The lowest BCUT2D eigenvalue weighted by Gasteiger charge is -2.37. The third-order valence-corrected chi connectivity index (χ3v) is 3.58. The Labute approximate surface area is 110 Å². The first kappa shape index (κ1) is 12.6. The summed E-state index contributed by atoms with van der Waals surface area (Å²) in [5.74, 6) is 0. The number of aldehydes is 1. The molecule has 0 aliphatic carbocycles. The molecule has 2 atom stereocenters. The molecule has 4 heteroatoms. The Hall–Kier alpha value is -0.870. The molecule has 1 aromatic carbocycles. The van der Waals surface area contributed by atoms with E-state index in [1.165, 1.54) is 0 Å². The van der Waals surface area contributed by atoms with Gasteiger partial charge in [-0.15, -0.1) is 0 Å². The first-order chi connectivity index (χ1) is 8.10. The molecular formula is C13H16BrNO2. The third kappa shape index (κ3) is 2.87. The van der Waals surface area contributed by atoms with Crippen LogP contribution in [0.2, 0.25) is 0 Å². The van der Waals surface area contributed by atoms with Gasteiger partial charge < -0.3 is 9.64 Å². The van der Waals surface area contributed by atoms with Crippen molar-refractivity contribution in [3.05, 3.63) is 28.2 Å². The average Bonchev–Trinajstić information content (AvgIpc) is 2.27. The molecule has 1 heterocycles. The van der Waals surface area contributed by atoms with E-state index in [-0.39, 0.29) is 12.2 Å². The maximum absolute atomic E-state index is 10.8. The summed E-state index contributed by atoms with van der Waals surface area (Å²) >= 11 is 3.41. The minimum atomic E-state index is 0.239. The quantitative estimate of drug-likeness (QED) is 0.786. The molecule has 3 nitrogen and oxygen atoms in total. The standard InChI is InChI=1S/C13H16BrNO2/c1-9-6-15(7-10(2)17-9)12-4-3-11(8-16)13(14)5-12/h3-5,8-10H,6-7H2,1-2H3. The highest BCUT2D eigenvalue weighted by Gasteiger charge is 2.22. The van der Waals surface area contributed by atoms with Crippen LogP contribution in [0.1, 0.15) is 24.2 Å². The number of rotatable bonds is 2. The number of morpholine rings is 1. The van der Waals surface area contributed by atoms with Gasteiger partial charge in [-0.25, -0.2) is 0 Å². The van der Waals surface area contributed by atoms with Gasteiger partial charge in [-0.2, -0.15) is 0 Å². The molecule has 0 amide bonds. The number of anilines is 1. The molecule has 1 fully saturated rings. The predicted octanol–water partition coefficient (Wildman–Crippen LogP) is 2.88. The molecule has 0 N–H and O–H groups in total. The van der Waals surface area contributed by atoms with Crippen molar-refractivity contribution >= 4 is 27.9 Å². The van der Waals surface area contributed by atoms with Crippen molar-refractivity contribution < 1.29 is 9.53 Å². The molecule has 0 radical (unpaired) electrons. The molecule has 1 aliphatic heterocycles. The molecule has 1 aliphatic rings. The molecule has 0 bridgehead atoms. The van der Waals surface area contributed by atoms with Crippen molar-refractivity contribution in [1.82, 2.24) is 0 Å². The smallest absolute Gasteiger partial charge is 0.151 e. The fraction of sp³-hybridized carbons (Fsp3) is 0.462. The van der Waals surface area contributed by atoms with Gasteiger partial charge in [0, 0.05) is 28.8 Å². The molecule has 92 valence electrons. The minimum Gasteiger partial charge on any atom is -0.372 e. The first-order valence-electron chi connectivity index (χ1n) is 5.75. The zero-order valence-electron chi connectivity index (χ0n) is 10.0. The highest BCUT2D eigenvalue weighted by atomic mass is 79.9. The number of carbonyl (C=O) groups excluding carboxylic acids is 1. The number of hydrogen-bond donors (Lipinski definition) is 0. The van der Waals surface area contributed by atoms with Gasteiger partial charge in [-0.3, -0.25) is 4.79 Å². The average molecular weight is 298 g/mol. The molecule has 0 spiro atoms. The largest absolute Gasteiger partial charge is 0.372 e. The maximum atomic E-state index is 10.8. The number of nitrogens with zero attached hydrogens (tertiary/aromatic N) is 1. The van der Waals surface area contributed by atoms with Crippen molar-refractivity contribution in [3.8, 4) is 0 Å². The van der Waals surface area contributed by atoms with Crippen LogP contribution in [0.4, 0.5) is 5.69 Å². The van der Waals surface area contributed by atoms with Crippen LogP contribution in [0.3, 0.4) is 0 Å². The second kappa shape index (κ2) is 5.19. The Balaban J connectivity index is 2.21. The van der Waals surface area contributed by atoms with Crippen molar-refractivity contribution in [3.63, 3.8) is 0 Å². The van der Waals surface area contributed by atoms with Gasteiger partial charge >= 0.3 is 0 Å². The van der Waals surface area contributed by atoms with Gasteiger partial charge in [0.2, 0.25) is 0 Å². The van der Waals surface area contributed by atoms with Crippen LogP contribution in [0.25, 0.3) is 0 Å². The second-order valence-electron chi connectivity index (χ2n) is 4.49. The van der Waals surface area contributed by atoms with Gasteiger partial charge in [0.1, 0.15) is 0 Å². The van der Waals surface area contributed by atoms with E-state index in [1.54, 1.807) is 0 Å². The monoisotopic (exact) mass is 297 g/mol. The van der Waals surface area contributed by atoms with Crippen LogP contribution in [0.5, 0.6) is 0 Å². The van der Waals surface area contributed by atoms with E-state index >= 15 is 0 Å². The van der Waals surface area contributed by atoms with Crippen molar-refractivity contribution in [1.29, 1.82) is 0 Å². The fourth-order valence-electron chi connectivity index (χ4n) is 2.20. The maximum Gasteiger partial charge on any atom is 0.151 e. The lowest BCUT2D eigenvalue weighted by Crippen LogP contribution is -2.45. The number of benzene rings is 1. The third-order valence-electron chi connectivity index (χ3n) is 2.90. The normalized spacial score (nSPS) is 24.8. The van der Waals surface area contributed by atoms with Gasteiger partial charge in [-0.1, -0.05) is 0 Å². The summed E-state index contributed by atoms with van der Waals surface area (Å²) in [6, 6.07) is 5.82. The summed E-state index contributed by atoms with van der Waals surface area (Å²) in [5.41, 5.74) is 1.81. The van der Waals surface area contributed by atoms with Crippen molar-refractivity contribution in [2.45, 2.75) is 26.1 Å². The summed E-state index contributed by atoms with van der Waals surface area (Å²) in [5, 5.41) is 0. The summed E-state index contributed by atoms with van der Waals surface area (Å²) in [6.45, 7) is 5.93. The molecule has 17 heavy (non-hydrogen) atoms. The van der Waals surface area contributed by atoms with Crippen molar-refractivity contribution in [2.75, 3.05) is 18.0 Å². The zero-order valence-corrected chi connectivity index (χ0v) is 11.6. The number of hydrogen-bond acceptors (Lipinski definition) is 3. The molecule has 1 aromatic rings. The molecule has 0 saturated carbocycles. The summed E-state index contributed by atoms with van der Waals surface area (Å²) in [7, 11) is 0. The first-order valence-corrected chi connectivity index (χ1v) is 6.54. The van der Waals surface area contributed by atoms with E-state index in [2.05, 4.69) is 34.7 Å². The van der Waals surface area contributed by atoms with Crippen LogP contribution in [-0.2, 0) is 4.74 Å². The van der Waals surface area contributed by atoms with Gasteiger partial charge in [-0.05, 0) is 48.0 Å². The summed E-state index contributed by atoms with van der Waals surface area (Å²) in [4.78, 5) is 13.0. The highest BCUT2D eigenvalue weighted by Crippen LogP contribution is 2.25. The Morgan fingerprint density at radius 2 is 2.00 bits per heavy atom. The van der Waals surface area contributed by atoms with Crippen LogP contribution in [0, 0.1) is 0 Å². The summed E-state index contributed by atoms with van der Waals surface area (Å²) < 4.78 is 6.55. The molecule has 2 unspecified atom stereocenters. The Kier molecular flexibility index (Phi) is 3.84. The van der Waals surface area contributed by atoms with Gasteiger partial charge in [0.15, 0.2) is 6.29 Å². The molecule has 1 saturated heterocycles. The second-order valence-corrected chi connectivity index (χ2v) is 5.34. The molecular weight excluding hydrogens is 282 g/mol. The van der Waals surface area contributed by atoms with Crippen LogP contribution in [-0.4, -0.2) is 31.6 Å². The topological polar surface area (TPSA) is 29.5 Å². The molecule has 0 aromatic heterocycles. The van der Waals surface area contributed by atoms with E-state index in [9.17, 15) is 4.79 Å². The van der Waals surface area contributed by atoms with Crippen LogP contribution < -0.4 is 4.90 Å². The van der Waals surface area contributed by atoms with E-state index in [0.717, 1.165) is 29.5 Å². The van der Waals surface area contributed by atoms with Crippen LogP contribution >= 0.6 is 15.9 Å². The highest BCUT2D eigenvalue weighted by molar-refractivity contribution is 9.10. The van der Waals surface area contributed by atoms with Gasteiger partial charge in [0.05, 0.1) is 12.2 Å². The number of ether oxygens (including phenoxy) is 1.